The van der Waals surface area contributed by atoms with Gasteiger partial charge in [0, 0.05) is 4.70 Å². The van der Waals surface area contributed by atoms with Gasteiger partial charge in [0.25, 0.3) is 0 Å². The molecule has 1 saturated carbocycles. The Labute approximate surface area is 122 Å². The van der Waals surface area contributed by atoms with E-state index in [0.29, 0.717) is 5.92 Å². The van der Waals surface area contributed by atoms with Crippen molar-refractivity contribution in [2.24, 2.45) is 5.92 Å². The molecule has 3 rings (SSSR count). The Hall–Kier alpha value is -0.860. The predicted molar refractivity (Wildman–Crippen MR) is 82.0 cm³/mol. The molecule has 1 aliphatic carbocycles. The van der Waals surface area contributed by atoms with E-state index in [4.69, 9.17) is 11.6 Å². The molecule has 1 atom stereocenters. The van der Waals surface area contributed by atoms with Crippen molar-refractivity contribution in [1.82, 2.24) is 0 Å². The number of halogens is 1. The van der Waals surface area contributed by atoms with Crippen molar-refractivity contribution in [2.75, 3.05) is 0 Å². The molecule has 1 aromatic carbocycles. The zero-order chi connectivity index (χ0) is 13.2. The van der Waals surface area contributed by atoms with E-state index in [1.807, 2.05) is 12.1 Å². The summed E-state index contributed by atoms with van der Waals surface area (Å²) in [5.41, 5.74) is 1.15. The lowest BCUT2D eigenvalue weighted by Crippen LogP contribution is -2.20. The summed E-state index contributed by atoms with van der Waals surface area (Å²) in [6.07, 6.45) is 6.02. The highest BCUT2D eigenvalue weighted by atomic mass is 35.5. The molecule has 100 valence electrons. The van der Waals surface area contributed by atoms with Crippen molar-refractivity contribution in [3.8, 4) is 0 Å². The largest absolute Gasteiger partial charge is 0.281 e. The van der Waals surface area contributed by atoms with Crippen molar-refractivity contribution in [3.05, 3.63) is 35.2 Å². The molecule has 0 amide bonds. The van der Waals surface area contributed by atoms with Gasteiger partial charge in [-0.05, 0) is 52.8 Å². The van der Waals surface area contributed by atoms with Crippen molar-refractivity contribution < 1.29 is 4.79 Å². The summed E-state index contributed by atoms with van der Waals surface area (Å²) in [5, 5.41) is 3.15. The number of hydrogen-bond donors (Lipinski definition) is 0. The van der Waals surface area contributed by atoms with Crippen LogP contribution in [0.3, 0.4) is 0 Å². The number of hydrogen-bond acceptors (Lipinski definition) is 2. The van der Waals surface area contributed by atoms with E-state index in [9.17, 15) is 4.79 Å². The zero-order valence-corrected chi connectivity index (χ0v) is 12.3. The summed E-state index contributed by atoms with van der Waals surface area (Å²) in [6, 6.07) is 8.30. The van der Waals surface area contributed by atoms with Gasteiger partial charge in [0.1, 0.15) is 0 Å². The molecule has 0 radical (unpaired) electrons. The minimum atomic E-state index is -0.185. The van der Waals surface area contributed by atoms with E-state index < -0.39 is 0 Å². The Morgan fingerprint density at radius 2 is 1.95 bits per heavy atom. The van der Waals surface area contributed by atoms with E-state index in [0.717, 1.165) is 18.4 Å². The maximum absolute atomic E-state index is 12.0. The molecule has 0 aliphatic heterocycles. The van der Waals surface area contributed by atoms with E-state index in [2.05, 4.69) is 17.5 Å². The molecule has 0 spiro atoms. The smallest absolute Gasteiger partial charge is 0.229 e. The maximum atomic E-state index is 12.0. The maximum Gasteiger partial charge on any atom is 0.229 e. The highest BCUT2D eigenvalue weighted by Crippen LogP contribution is 2.41. The average molecular weight is 293 g/mol. The average Bonchev–Trinajstić information content (AvgIpc) is 2.84. The van der Waals surface area contributed by atoms with Crippen molar-refractivity contribution >= 4 is 38.3 Å². The summed E-state index contributed by atoms with van der Waals surface area (Å²) in [7, 11) is 0. The van der Waals surface area contributed by atoms with Gasteiger partial charge in [-0.1, -0.05) is 37.5 Å². The molecule has 3 heteroatoms. The molecular formula is C16H17ClOS. The van der Waals surface area contributed by atoms with Crippen LogP contribution in [0.1, 0.15) is 43.6 Å². The number of carbonyl (C=O) groups excluding carboxylic acids is 1. The number of benzene rings is 1. The fourth-order valence-corrected chi connectivity index (χ4v) is 4.56. The van der Waals surface area contributed by atoms with E-state index in [1.54, 1.807) is 11.3 Å². The first kappa shape index (κ1) is 13.1. The Bertz CT molecular complexity index is 583. The van der Waals surface area contributed by atoms with Gasteiger partial charge < -0.3 is 0 Å². The van der Waals surface area contributed by atoms with Gasteiger partial charge in [-0.2, -0.15) is 0 Å². The lowest BCUT2D eigenvalue weighted by Gasteiger charge is -2.27. The molecule has 1 aromatic heterocycles. The molecule has 1 nitrogen and oxygen atoms in total. The van der Waals surface area contributed by atoms with Gasteiger partial charge in [0.2, 0.25) is 5.24 Å². The predicted octanol–water partition coefficient (Wildman–Crippen LogP) is 5.33. The molecule has 1 heterocycles. The molecule has 2 aromatic rings. The standard InChI is InChI=1S/C16H17ClOS/c17-16(18)15(11-6-2-1-3-7-11)13-10-19-14-9-5-4-8-12(13)14/h4-5,8-11,15H,1-3,6-7H2. The molecule has 19 heavy (non-hydrogen) atoms. The first-order chi connectivity index (χ1) is 9.27. The highest BCUT2D eigenvalue weighted by molar-refractivity contribution is 7.17. The quantitative estimate of drug-likeness (QED) is 0.699. The minimum Gasteiger partial charge on any atom is -0.281 e. The van der Waals surface area contributed by atoms with Crippen LogP contribution in [0, 0.1) is 5.92 Å². The monoisotopic (exact) mass is 292 g/mol. The van der Waals surface area contributed by atoms with E-state index in [-0.39, 0.29) is 11.2 Å². The SMILES string of the molecule is O=C(Cl)C(c1csc2ccccc12)C1CCCCC1. The van der Waals surface area contributed by atoms with E-state index >= 15 is 0 Å². The van der Waals surface area contributed by atoms with Crippen LogP contribution in [0.5, 0.6) is 0 Å². The van der Waals surface area contributed by atoms with Crippen LogP contribution in [0.4, 0.5) is 0 Å². The van der Waals surface area contributed by atoms with Crippen molar-refractivity contribution in [2.45, 2.75) is 38.0 Å². The van der Waals surface area contributed by atoms with Crippen molar-refractivity contribution in [1.29, 1.82) is 0 Å². The van der Waals surface area contributed by atoms with Gasteiger partial charge in [0.15, 0.2) is 0 Å². The molecule has 0 bridgehead atoms. The Kier molecular flexibility index (Phi) is 3.90. The van der Waals surface area contributed by atoms with E-state index in [1.165, 1.54) is 29.3 Å². The Balaban J connectivity index is 2.01. The number of carbonyl (C=O) groups is 1. The summed E-state index contributed by atoms with van der Waals surface area (Å²) < 4.78 is 1.25. The molecule has 1 unspecified atom stereocenters. The second-order valence-electron chi connectivity index (χ2n) is 5.37. The van der Waals surface area contributed by atoms with Crippen LogP contribution in [-0.2, 0) is 4.79 Å². The summed E-state index contributed by atoms with van der Waals surface area (Å²) in [4.78, 5) is 12.0. The summed E-state index contributed by atoms with van der Waals surface area (Å²) in [6.45, 7) is 0. The molecule has 0 N–H and O–H groups in total. The van der Waals surface area contributed by atoms with Gasteiger partial charge in [-0.3, -0.25) is 4.79 Å². The third-order valence-electron chi connectivity index (χ3n) is 4.21. The normalized spacial score (nSPS) is 18.6. The van der Waals surface area contributed by atoms with Crippen molar-refractivity contribution in [3.63, 3.8) is 0 Å². The molecular weight excluding hydrogens is 276 g/mol. The Morgan fingerprint density at radius 1 is 1.21 bits per heavy atom. The Morgan fingerprint density at radius 3 is 2.68 bits per heavy atom. The number of fused-ring (bicyclic) bond motifs is 1. The van der Waals surface area contributed by atoms with Crippen LogP contribution in [-0.4, -0.2) is 5.24 Å². The highest BCUT2D eigenvalue weighted by Gasteiger charge is 2.31. The number of thiophene rings is 1. The van der Waals surface area contributed by atoms with Gasteiger partial charge in [-0.15, -0.1) is 11.3 Å². The van der Waals surface area contributed by atoms with Gasteiger partial charge in [-0.25, -0.2) is 0 Å². The first-order valence-corrected chi connectivity index (χ1v) is 8.18. The van der Waals surface area contributed by atoms with Crippen LogP contribution < -0.4 is 0 Å². The van der Waals surface area contributed by atoms with Crippen LogP contribution in [0.15, 0.2) is 29.6 Å². The minimum absolute atomic E-state index is 0.113. The fourth-order valence-electron chi connectivity index (χ4n) is 3.27. The van der Waals surface area contributed by atoms with Gasteiger partial charge >= 0.3 is 0 Å². The number of rotatable bonds is 3. The lowest BCUT2D eigenvalue weighted by molar-refractivity contribution is -0.114. The van der Waals surface area contributed by atoms with Crippen LogP contribution >= 0.6 is 22.9 Å². The zero-order valence-electron chi connectivity index (χ0n) is 10.8. The fraction of sp³-hybridized carbons (Fsp3) is 0.438. The second-order valence-corrected chi connectivity index (χ2v) is 6.65. The topological polar surface area (TPSA) is 17.1 Å². The molecule has 1 fully saturated rings. The third kappa shape index (κ3) is 2.56. The van der Waals surface area contributed by atoms with Gasteiger partial charge in [0.05, 0.1) is 5.92 Å². The molecule has 0 saturated heterocycles. The third-order valence-corrected chi connectivity index (χ3v) is 5.43. The van der Waals surface area contributed by atoms with Crippen LogP contribution in [0.25, 0.3) is 10.1 Å². The summed E-state index contributed by atoms with van der Waals surface area (Å²) >= 11 is 7.65. The summed E-state index contributed by atoms with van der Waals surface area (Å²) in [5.74, 6) is 0.315. The second kappa shape index (κ2) is 5.64. The van der Waals surface area contributed by atoms with Crippen LogP contribution in [0.2, 0.25) is 0 Å². The lowest BCUT2D eigenvalue weighted by atomic mass is 9.77. The molecule has 1 aliphatic rings. The first-order valence-electron chi connectivity index (χ1n) is 6.93.